The SMILES string of the molecule is Cc1nc(C)c(-c2ccc(N3CCCCC3)cc2)nc1C(N)=O. The van der Waals surface area contributed by atoms with Gasteiger partial charge in [-0.05, 0) is 45.2 Å². The monoisotopic (exact) mass is 310 g/mol. The van der Waals surface area contributed by atoms with Crippen molar-refractivity contribution in [1.82, 2.24) is 9.97 Å². The first-order chi connectivity index (χ1) is 11.1. The van der Waals surface area contributed by atoms with Gasteiger partial charge >= 0.3 is 0 Å². The number of hydrogen-bond donors (Lipinski definition) is 1. The van der Waals surface area contributed by atoms with Gasteiger partial charge in [0.1, 0.15) is 5.69 Å². The van der Waals surface area contributed by atoms with Gasteiger partial charge in [-0.1, -0.05) is 12.1 Å². The molecule has 1 aliphatic rings. The Morgan fingerprint density at radius 2 is 1.65 bits per heavy atom. The summed E-state index contributed by atoms with van der Waals surface area (Å²) in [7, 11) is 0. The number of carbonyl (C=O) groups excluding carboxylic acids is 1. The zero-order chi connectivity index (χ0) is 16.4. The van der Waals surface area contributed by atoms with E-state index >= 15 is 0 Å². The van der Waals surface area contributed by atoms with Crippen LogP contribution in [0.3, 0.4) is 0 Å². The summed E-state index contributed by atoms with van der Waals surface area (Å²) >= 11 is 0. The number of rotatable bonds is 3. The number of aryl methyl sites for hydroxylation is 2. The van der Waals surface area contributed by atoms with E-state index in [1.807, 2.05) is 19.1 Å². The standard InChI is InChI=1S/C18H22N4O/c1-12-16(21-17(18(19)23)13(2)20-12)14-6-8-15(9-7-14)22-10-4-3-5-11-22/h6-9H,3-5,10-11H2,1-2H3,(H2,19,23). The summed E-state index contributed by atoms with van der Waals surface area (Å²) in [4.78, 5) is 22.7. The van der Waals surface area contributed by atoms with Gasteiger partial charge in [0.2, 0.25) is 0 Å². The summed E-state index contributed by atoms with van der Waals surface area (Å²) in [6.07, 6.45) is 3.83. The van der Waals surface area contributed by atoms with E-state index in [2.05, 4.69) is 27.0 Å². The number of amides is 1. The lowest BCUT2D eigenvalue weighted by molar-refractivity contribution is 0.0994. The predicted octanol–water partition coefficient (Wildman–Crippen LogP) is 2.85. The summed E-state index contributed by atoms with van der Waals surface area (Å²) in [5, 5.41) is 0. The molecule has 2 N–H and O–H groups in total. The van der Waals surface area contributed by atoms with Crippen LogP contribution in [-0.4, -0.2) is 29.0 Å². The molecule has 0 aliphatic carbocycles. The zero-order valence-electron chi connectivity index (χ0n) is 13.7. The number of primary amides is 1. The number of nitrogens with two attached hydrogens (primary N) is 1. The average molecular weight is 310 g/mol. The van der Waals surface area contributed by atoms with Crippen molar-refractivity contribution in [2.45, 2.75) is 33.1 Å². The molecular weight excluding hydrogens is 288 g/mol. The minimum absolute atomic E-state index is 0.241. The molecule has 1 aromatic heterocycles. The van der Waals surface area contributed by atoms with Crippen molar-refractivity contribution < 1.29 is 4.79 Å². The molecule has 1 aromatic carbocycles. The molecule has 0 radical (unpaired) electrons. The third-order valence-electron chi connectivity index (χ3n) is 4.34. The fourth-order valence-electron chi connectivity index (χ4n) is 3.12. The second-order valence-electron chi connectivity index (χ2n) is 6.05. The summed E-state index contributed by atoms with van der Waals surface area (Å²) in [5.74, 6) is -0.541. The molecule has 1 fully saturated rings. The number of nitrogens with zero attached hydrogens (tertiary/aromatic N) is 3. The molecule has 1 aliphatic heterocycles. The van der Waals surface area contributed by atoms with Gasteiger partial charge < -0.3 is 10.6 Å². The van der Waals surface area contributed by atoms with Crippen molar-refractivity contribution in [2.75, 3.05) is 18.0 Å². The lowest BCUT2D eigenvalue weighted by Gasteiger charge is -2.28. The minimum atomic E-state index is -0.541. The number of carbonyl (C=O) groups is 1. The highest BCUT2D eigenvalue weighted by Crippen LogP contribution is 2.26. The van der Waals surface area contributed by atoms with Crippen LogP contribution in [0.2, 0.25) is 0 Å². The van der Waals surface area contributed by atoms with Gasteiger partial charge in [-0.2, -0.15) is 0 Å². The molecule has 5 nitrogen and oxygen atoms in total. The highest BCUT2D eigenvalue weighted by molar-refractivity contribution is 5.92. The quantitative estimate of drug-likeness (QED) is 0.946. The van der Waals surface area contributed by atoms with E-state index in [0.717, 1.165) is 30.0 Å². The van der Waals surface area contributed by atoms with Crippen molar-refractivity contribution in [3.05, 3.63) is 41.3 Å². The van der Waals surface area contributed by atoms with Crippen molar-refractivity contribution in [2.24, 2.45) is 5.73 Å². The topological polar surface area (TPSA) is 72.1 Å². The highest BCUT2D eigenvalue weighted by Gasteiger charge is 2.15. The third kappa shape index (κ3) is 3.18. The first-order valence-corrected chi connectivity index (χ1v) is 8.06. The average Bonchev–Trinajstić information content (AvgIpc) is 2.56. The fraction of sp³-hybridized carbons (Fsp3) is 0.389. The number of aromatic nitrogens is 2. The largest absolute Gasteiger partial charge is 0.372 e. The Morgan fingerprint density at radius 1 is 1.00 bits per heavy atom. The van der Waals surface area contributed by atoms with E-state index in [9.17, 15) is 4.79 Å². The number of benzene rings is 1. The number of hydrogen-bond acceptors (Lipinski definition) is 4. The van der Waals surface area contributed by atoms with Crippen LogP contribution in [0.4, 0.5) is 5.69 Å². The third-order valence-corrected chi connectivity index (χ3v) is 4.34. The Morgan fingerprint density at radius 3 is 2.26 bits per heavy atom. The van der Waals surface area contributed by atoms with Crippen molar-refractivity contribution in [3.8, 4) is 11.3 Å². The molecule has 23 heavy (non-hydrogen) atoms. The summed E-state index contributed by atoms with van der Waals surface area (Å²) in [6, 6.07) is 8.32. The predicted molar refractivity (Wildman–Crippen MR) is 91.5 cm³/mol. The van der Waals surface area contributed by atoms with Gasteiger partial charge in [0.15, 0.2) is 0 Å². The van der Waals surface area contributed by atoms with Crippen LogP contribution in [0.5, 0.6) is 0 Å². The van der Waals surface area contributed by atoms with Gasteiger partial charge in [0, 0.05) is 24.3 Å². The smallest absolute Gasteiger partial charge is 0.269 e. The summed E-state index contributed by atoms with van der Waals surface area (Å²) < 4.78 is 0. The van der Waals surface area contributed by atoms with E-state index in [1.54, 1.807) is 6.92 Å². The molecule has 2 heterocycles. The first-order valence-electron chi connectivity index (χ1n) is 8.06. The molecule has 0 saturated carbocycles. The molecule has 0 unspecified atom stereocenters. The van der Waals surface area contributed by atoms with Crippen LogP contribution < -0.4 is 10.6 Å². The minimum Gasteiger partial charge on any atom is -0.372 e. The summed E-state index contributed by atoms with van der Waals surface area (Å²) in [6.45, 7) is 5.89. The van der Waals surface area contributed by atoms with Crippen LogP contribution >= 0.6 is 0 Å². The number of piperidine rings is 1. The first kappa shape index (κ1) is 15.5. The molecule has 2 aromatic rings. The molecular formula is C18H22N4O. The van der Waals surface area contributed by atoms with Crippen molar-refractivity contribution in [1.29, 1.82) is 0 Å². The fourth-order valence-corrected chi connectivity index (χ4v) is 3.12. The normalized spacial score (nSPS) is 14.8. The van der Waals surface area contributed by atoms with E-state index in [4.69, 9.17) is 5.73 Å². The zero-order valence-corrected chi connectivity index (χ0v) is 13.7. The van der Waals surface area contributed by atoms with Gasteiger partial charge in [-0.15, -0.1) is 0 Å². The molecule has 0 bridgehead atoms. The molecule has 1 saturated heterocycles. The molecule has 5 heteroatoms. The maximum atomic E-state index is 11.5. The second kappa shape index (κ2) is 6.36. The Hall–Kier alpha value is -2.43. The van der Waals surface area contributed by atoms with E-state index in [-0.39, 0.29) is 5.69 Å². The second-order valence-corrected chi connectivity index (χ2v) is 6.05. The summed E-state index contributed by atoms with van der Waals surface area (Å²) in [5.41, 5.74) is 9.91. The van der Waals surface area contributed by atoms with Crippen LogP contribution in [0.1, 0.15) is 41.1 Å². The molecule has 0 spiro atoms. The van der Waals surface area contributed by atoms with Crippen LogP contribution in [0.25, 0.3) is 11.3 Å². The molecule has 120 valence electrons. The van der Waals surface area contributed by atoms with Crippen LogP contribution in [0, 0.1) is 13.8 Å². The molecule has 0 atom stereocenters. The maximum Gasteiger partial charge on any atom is 0.269 e. The van der Waals surface area contributed by atoms with Crippen molar-refractivity contribution in [3.63, 3.8) is 0 Å². The van der Waals surface area contributed by atoms with Gasteiger partial charge in [-0.3, -0.25) is 9.78 Å². The Labute approximate surface area is 136 Å². The highest BCUT2D eigenvalue weighted by atomic mass is 16.1. The Balaban J connectivity index is 1.92. The van der Waals surface area contributed by atoms with E-state index in [0.29, 0.717) is 5.69 Å². The number of anilines is 1. The van der Waals surface area contributed by atoms with Crippen molar-refractivity contribution >= 4 is 11.6 Å². The van der Waals surface area contributed by atoms with Gasteiger partial charge in [0.25, 0.3) is 5.91 Å². The van der Waals surface area contributed by atoms with Gasteiger partial charge in [0.05, 0.1) is 17.1 Å². The Kier molecular flexibility index (Phi) is 4.28. The van der Waals surface area contributed by atoms with E-state index < -0.39 is 5.91 Å². The lowest BCUT2D eigenvalue weighted by Crippen LogP contribution is -2.29. The maximum absolute atomic E-state index is 11.5. The molecule has 1 amide bonds. The van der Waals surface area contributed by atoms with Crippen LogP contribution in [0.15, 0.2) is 24.3 Å². The Bertz CT molecular complexity index is 719. The van der Waals surface area contributed by atoms with Gasteiger partial charge in [-0.25, -0.2) is 4.98 Å². The molecule has 3 rings (SSSR count). The van der Waals surface area contributed by atoms with E-state index in [1.165, 1.54) is 24.9 Å². The lowest BCUT2D eigenvalue weighted by atomic mass is 10.1. The van der Waals surface area contributed by atoms with Crippen LogP contribution in [-0.2, 0) is 0 Å².